The van der Waals surface area contributed by atoms with E-state index in [9.17, 15) is 0 Å². The van der Waals surface area contributed by atoms with Gasteiger partial charge in [0.25, 0.3) is 0 Å². The standard InChI is InChI=1S/C11H18BNO4/c1-10(2)11(3,4)17-12(16-10)9-6-5-8(15-9)7-14-13/h5-6H,7,13H2,1-4H3. The van der Waals surface area contributed by atoms with Crippen molar-refractivity contribution < 1.29 is 18.6 Å². The summed E-state index contributed by atoms with van der Waals surface area (Å²) in [5.74, 6) is 5.64. The van der Waals surface area contributed by atoms with Crippen LogP contribution < -0.4 is 11.6 Å². The van der Waals surface area contributed by atoms with Crippen LogP contribution in [0.1, 0.15) is 33.5 Å². The van der Waals surface area contributed by atoms with Gasteiger partial charge in [0.05, 0.1) is 11.2 Å². The van der Waals surface area contributed by atoms with E-state index in [1.165, 1.54) is 0 Å². The molecule has 1 fully saturated rings. The zero-order valence-corrected chi connectivity index (χ0v) is 10.6. The molecule has 0 aromatic carbocycles. The number of hydrogen-bond donors (Lipinski definition) is 1. The van der Waals surface area contributed by atoms with Gasteiger partial charge in [0.2, 0.25) is 0 Å². The van der Waals surface area contributed by atoms with Gasteiger partial charge in [-0.05, 0) is 39.8 Å². The molecule has 17 heavy (non-hydrogen) atoms. The summed E-state index contributed by atoms with van der Waals surface area (Å²) in [5, 5.41) is 0. The second-order valence-corrected chi connectivity index (χ2v) is 5.20. The highest BCUT2D eigenvalue weighted by Gasteiger charge is 2.53. The van der Waals surface area contributed by atoms with Crippen LogP contribution in [0.4, 0.5) is 0 Å². The fourth-order valence-electron chi connectivity index (χ4n) is 1.64. The summed E-state index contributed by atoms with van der Waals surface area (Å²) in [5.41, 5.74) is -0.0973. The molecule has 1 aliphatic rings. The molecule has 2 rings (SSSR count). The van der Waals surface area contributed by atoms with Crippen molar-refractivity contribution in [3.8, 4) is 0 Å². The normalized spacial score (nSPS) is 22.1. The van der Waals surface area contributed by atoms with Gasteiger partial charge in [-0.25, -0.2) is 5.90 Å². The minimum atomic E-state index is -0.480. The highest BCUT2D eigenvalue weighted by atomic mass is 16.7. The van der Waals surface area contributed by atoms with E-state index in [2.05, 4.69) is 4.84 Å². The summed E-state index contributed by atoms with van der Waals surface area (Å²) in [6, 6.07) is 3.61. The van der Waals surface area contributed by atoms with Crippen molar-refractivity contribution in [2.24, 2.45) is 5.90 Å². The van der Waals surface area contributed by atoms with Gasteiger partial charge in [-0.3, -0.25) is 4.84 Å². The molecule has 1 aliphatic heterocycles. The molecule has 0 spiro atoms. The van der Waals surface area contributed by atoms with Crippen LogP contribution >= 0.6 is 0 Å². The van der Waals surface area contributed by atoms with E-state index in [0.717, 1.165) is 0 Å². The highest BCUT2D eigenvalue weighted by molar-refractivity contribution is 6.60. The van der Waals surface area contributed by atoms with Crippen LogP contribution in [-0.2, 0) is 20.8 Å². The van der Waals surface area contributed by atoms with Gasteiger partial charge in [0, 0.05) is 0 Å². The number of rotatable bonds is 3. The Morgan fingerprint density at radius 2 is 1.76 bits per heavy atom. The molecule has 2 N–H and O–H groups in total. The van der Waals surface area contributed by atoms with E-state index < -0.39 is 7.12 Å². The van der Waals surface area contributed by atoms with Crippen LogP contribution in [-0.4, -0.2) is 18.3 Å². The SMILES string of the molecule is CC1(C)OB(c2ccc(CON)o2)OC1(C)C. The van der Waals surface area contributed by atoms with Crippen LogP contribution in [0, 0.1) is 0 Å². The van der Waals surface area contributed by atoms with E-state index in [4.69, 9.17) is 19.6 Å². The summed E-state index contributed by atoms with van der Waals surface area (Å²) in [6.07, 6.45) is 0. The van der Waals surface area contributed by atoms with Crippen molar-refractivity contribution in [2.75, 3.05) is 0 Å². The monoisotopic (exact) mass is 239 g/mol. The van der Waals surface area contributed by atoms with Crippen LogP contribution in [0.3, 0.4) is 0 Å². The average Bonchev–Trinajstić information content (AvgIpc) is 2.71. The second kappa shape index (κ2) is 4.13. The molecule has 0 unspecified atom stereocenters. The first-order valence-corrected chi connectivity index (χ1v) is 5.62. The Bertz CT molecular complexity index is 386. The van der Waals surface area contributed by atoms with Gasteiger partial charge in [-0.15, -0.1) is 0 Å². The van der Waals surface area contributed by atoms with Crippen LogP contribution in [0.25, 0.3) is 0 Å². The molecule has 0 saturated carbocycles. The fourth-order valence-corrected chi connectivity index (χ4v) is 1.64. The lowest BCUT2D eigenvalue weighted by atomic mass is 9.86. The van der Waals surface area contributed by atoms with Crippen molar-refractivity contribution >= 4 is 12.8 Å². The maximum absolute atomic E-state index is 5.85. The lowest BCUT2D eigenvalue weighted by Crippen LogP contribution is -2.41. The zero-order chi connectivity index (χ0) is 12.7. The van der Waals surface area contributed by atoms with Gasteiger partial charge in [0.1, 0.15) is 18.0 Å². The van der Waals surface area contributed by atoms with Crippen molar-refractivity contribution in [2.45, 2.75) is 45.5 Å². The van der Waals surface area contributed by atoms with Crippen LogP contribution in [0.2, 0.25) is 0 Å². The Kier molecular flexibility index (Phi) is 3.07. The molecule has 0 atom stereocenters. The lowest BCUT2D eigenvalue weighted by molar-refractivity contribution is 0.00578. The van der Waals surface area contributed by atoms with E-state index in [1.807, 2.05) is 33.8 Å². The smallest absolute Gasteiger partial charge is 0.467 e. The molecule has 0 amide bonds. The third-order valence-corrected chi connectivity index (χ3v) is 3.39. The third-order valence-electron chi connectivity index (χ3n) is 3.39. The summed E-state index contributed by atoms with van der Waals surface area (Å²) in [4.78, 5) is 4.51. The summed E-state index contributed by atoms with van der Waals surface area (Å²) in [6.45, 7) is 8.24. The van der Waals surface area contributed by atoms with Crippen molar-refractivity contribution in [1.29, 1.82) is 0 Å². The van der Waals surface area contributed by atoms with E-state index in [0.29, 0.717) is 11.4 Å². The minimum absolute atomic E-state index is 0.236. The molecule has 1 aromatic heterocycles. The van der Waals surface area contributed by atoms with Gasteiger partial charge in [-0.2, -0.15) is 0 Å². The predicted octanol–water partition coefficient (Wildman–Crippen LogP) is 0.969. The first-order valence-electron chi connectivity index (χ1n) is 5.62. The quantitative estimate of drug-likeness (QED) is 0.628. The Hall–Kier alpha value is -0.815. The Labute approximate surface area is 101 Å². The molecule has 0 radical (unpaired) electrons. The Morgan fingerprint density at radius 1 is 1.18 bits per heavy atom. The number of furan rings is 1. The maximum atomic E-state index is 5.85. The summed E-state index contributed by atoms with van der Waals surface area (Å²) >= 11 is 0. The molecule has 1 aromatic rings. The minimum Gasteiger partial charge on any atom is -0.467 e. The third kappa shape index (κ3) is 2.26. The van der Waals surface area contributed by atoms with Gasteiger partial charge >= 0.3 is 7.12 Å². The van der Waals surface area contributed by atoms with E-state index in [1.54, 1.807) is 6.07 Å². The van der Waals surface area contributed by atoms with Crippen LogP contribution in [0.5, 0.6) is 0 Å². The Balaban J connectivity index is 2.14. The summed E-state index contributed by atoms with van der Waals surface area (Å²) in [7, 11) is -0.480. The molecule has 6 heteroatoms. The molecule has 94 valence electrons. The number of hydrogen-bond acceptors (Lipinski definition) is 5. The first-order chi connectivity index (χ1) is 7.86. The number of nitrogens with two attached hydrogens (primary N) is 1. The van der Waals surface area contributed by atoms with Gasteiger partial charge < -0.3 is 13.7 Å². The van der Waals surface area contributed by atoms with Crippen molar-refractivity contribution in [3.63, 3.8) is 0 Å². The van der Waals surface area contributed by atoms with E-state index >= 15 is 0 Å². The second-order valence-electron chi connectivity index (χ2n) is 5.20. The fraction of sp³-hybridized carbons (Fsp3) is 0.636. The molecule has 0 aliphatic carbocycles. The topological polar surface area (TPSA) is 66.9 Å². The van der Waals surface area contributed by atoms with Gasteiger partial charge in [-0.1, -0.05) is 0 Å². The Morgan fingerprint density at radius 3 is 2.29 bits per heavy atom. The van der Waals surface area contributed by atoms with E-state index in [-0.39, 0.29) is 17.8 Å². The predicted molar refractivity (Wildman–Crippen MR) is 63.4 cm³/mol. The molecule has 0 bridgehead atoms. The molecular weight excluding hydrogens is 221 g/mol. The molecule has 5 nitrogen and oxygen atoms in total. The van der Waals surface area contributed by atoms with Crippen LogP contribution in [0.15, 0.2) is 16.5 Å². The lowest BCUT2D eigenvalue weighted by Gasteiger charge is -2.32. The average molecular weight is 239 g/mol. The first kappa shape index (κ1) is 12.6. The maximum Gasteiger partial charge on any atom is 0.532 e. The zero-order valence-electron chi connectivity index (χ0n) is 10.6. The molecule has 1 saturated heterocycles. The largest absolute Gasteiger partial charge is 0.532 e. The molecular formula is C11H18BNO4. The van der Waals surface area contributed by atoms with Gasteiger partial charge in [0.15, 0.2) is 0 Å². The van der Waals surface area contributed by atoms with Crippen molar-refractivity contribution in [1.82, 2.24) is 0 Å². The summed E-state index contributed by atoms with van der Waals surface area (Å²) < 4.78 is 17.2. The van der Waals surface area contributed by atoms with Crippen molar-refractivity contribution in [3.05, 3.63) is 17.9 Å². The molecule has 2 heterocycles. The highest BCUT2D eigenvalue weighted by Crippen LogP contribution is 2.36.